The van der Waals surface area contributed by atoms with Gasteiger partial charge in [-0.2, -0.15) is 0 Å². The van der Waals surface area contributed by atoms with Crippen LogP contribution in [-0.4, -0.2) is 23.1 Å². The van der Waals surface area contributed by atoms with Crippen molar-refractivity contribution in [2.75, 3.05) is 0 Å². The molecule has 1 heterocycles. The monoisotopic (exact) mass is 250 g/mol. The summed E-state index contributed by atoms with van der Waals surface area (Å²) >= 11 is 0. The third kappa shape index (κ3) is 2.91. The number of nitrogens with zero attached hydrogens (tertiary/aromatic N) is 1. The van der Waals surface area contributed by atoms with Crippen molar-refractivity contribution < 1.29 is 0 Å². The highest BCUT2D eigenvalue weighted by Crippen LogP contribution is 2.44. The molecule has 2 heteroatoms. The van der Waals surface area contributed by atoms with Gasteiger partial charge in [-0.05, 0) is 64.2 Å². The summed E-state index contributed by atoms with van der Waals surface area (Å²) < 4.78 is 0. The van der Waals surface area contributed by atoms with Crippen molar-refractivity contribution in [1.29, 1.82) is 0 Å². The molecule has 2 aliphatic carbocycles. The van der Waals surface area contributed by atoms with Crippen LogP contribution in [0.25, 0.3) is 0 Å². The molecule has 3 rings (SSSR count). The Bertz CT molecular complexity index is 264. The van der Waals surface area contributed by atoms with Gasteiger partial charge in [0.2, 0.25) is 0 Å². The molecule has 4 unspecified atom stereocenters. The quantitative estimate of drug-likeness (QED) is 0.821. The summed E-state index contributed by atoms with van der Waals surface area (Å²) in [7, 11) is 0. The molecular formula is C16H30N2. The van der Waals surface area contributed by atoms with E-state index >= 15 is 0 Å². The van der Waals surface area contributed by atoms with Gasteiger partial charge < -0.3 is 0 Å². The van der Waals surface area contributed by atoms with E-state index in [4.69, 9.17) is 0 Å². The van der Waals surface area contributed by atoms with Gasteiger partial charge in [-0.1, -0.05) is 19.3 Å². The lowest BCUT2D eigenvalue weighted by Crippen LogP contribution is -2.56. The second-order valence-electron chi connectivity index (χ2n) is 7.13. The minimum atomic E-state index is 0.732. The second-order valence-corrected chi connectivity index (χ2v) is 7.13. The minimum Gasteiger partial charge on any atom is -0.252 e. The van der Waals surface area contributed by atoms with Gasteiger partial charge in [0.05, 0.1) is 0 Å². The number of piperidine rings is 1. The van der Waals surface area contributed by atoms with Gasteiger partial charge in [0.15, 0.2) is 0 Å². The van der Waals surface area contributed by atoms with E-state index in [1.165, 1.54) is 57.8 Å². The van der Waals surface area contributed by atoms with Crippen LogP contribution in [0.5, 0.6) is 0 Å². The van der Waals surface area contributed by atoms with E-state index in [9.17, 15) is 0 Å². The lowest BCUT2D eigenvalue weighted by molar-refractivity contribution is 0.0172. The van der Waals surface area contributed by atoms with Gasteiger partial charge in [0.1, 0.15) is 0 Å². The first-order chi connectivity index (χ1) is 8.74. The summed E-state index contributed by atoms with van der Waals surface area (Å²) in [5, 5.41) is 2.59. The zero-order chi connectivity index (χ0) is 12.5. The minimum absolute atomic E-state index is 0.732. The van der Waals surface area contributed by atoms with E-state index in [-0.39, 0.29) is 0 Å². The van der Waals surface area contributed by atoms with Crippen molar-refractivity contribution in [1.82, 2.24) is 10.4 Å². The number of nitrogens with one attached hydrogen (secondary N) is 1. The van der Waals surface area contributed by atoms with Gasteiger partial charge in [0.25, 0.3) is 0 Å². The zero-order valence-corrected chi connectivity index (χ0v) is 12.2. The normalized spacial score (nSPS) is 43.0. The molecule has 104 valence electrons. The lowest BCUT2D eigenvalue weighted by atomic mass is 9.83. The Morgan fingerprint density at radius 3 is 2.11 bits per heavy atom. The highest BCUT2D eigenvalue weighted by molar-refractivity contribution is 4.88. The van der Waals surface area contributed by atoms with E-state index in [1.54, 1.807) is 0 Å². The van der Waals surface area contributed by atoms with Crippen molar-refractivity contribution in [2.24, 2.45) is 11.8 Å². The fourth-order valence-corrected chi connectivity index (χ4v) is 4.23. The van der Waals surface area contributed by atoms with Crippen molar-refractivity contribution in [3.05, 3.63) is 0 Å². The molecule has 1 saturated heterocycles. The molecule has 0 amide bonds. The first-order valence-electron chi connectivity index (χ1n) is 8.28. The average Bonchev–Trinajstić information content (AvgIpc) is 3.19. The van der Waals surface area contributed by atoms with Crippen LogP contribution in [0, 0.1) is 11.8 Å². The summed E-state index contributed by atoms with van der Waals surface area (Å²) in [5.41, 5.74) is 3.90. The molecule has 2 saturated carbocycles. The van der Waals surface area contributed by atoms with Crippen molar-refractivity contribution >= 4 is 0 Å². The number of hydrazine groups is 1. The van der Waals surface area contributed by atoms with Crippen LogP contribution in [0.3, 0.4) is 0 Å². The second kappa shape index (κ2) is 5.50. The van der Waals surface area contributed by atoms with Crippen molar-refractivity contribution in [3.8, 4) is 0 Å². The highest BCUT2D eigenvalue weighted by Gasteiger charge is 2.36. The Morgan fingerprint density at radius 2 is 1.44 bits per heavy atom. The number of rotatable bonds is 3. The first kappa shape index (κ1) is 12.9. The Labute approximate surface area is 112 Å². The van der Waals surface area contributed by atoms with Crippen LogP contribution in [0.1, 0.15) is 71.6 Å². The molecule has 0 aromatic carbocycles. The predicted molar refractivity (Wildman–Crippen MR) is 76.2 cm³/mol. The highest BCUT2D eigenvalue weighted by atomic mass is 15.5. The molecule has 1 aliphatic heterocycles. The molecule has 0 aromatic rings. The predicted octanol–water partition coefficient (Wildman–Crippen LogP) is 3.72. The molecule has 0 radical (unpaired) electrons. The summed E-state index contributed by atoms with van der Waals surface area (Å²) in [5.74, 6) is 2.15. The average molecular weight is 250 g/mol. The topological polar surface area (TPSA) is 15.3 Å². The van der Waals surface area contributed by atoms with E-state index in [0.717, 1.165) is 30.0 Å². The third-order valence-electron chi connectivity index (χ3n) is 5.53. The maximum absolute atomic E-state index is 3.90. The smallest absolute Gasteiger partial charge is 0.0218 e. The van der Waals surface area contributed by atoms with Gasteiger partial charge in [-0.3, -0.25) is 5.43 Å². The number of hydrogen-bond donors (Lipinski definition) is 1. The van der Waals surface area contributed by atoms with Gasteiger partial charge >= 0.3 is 0 Å². The van der Waals surface area contributed by atoms with Gasteiger partial charge in [0, 0.05) is 18.1 Å². The molecule has 2 nitrogen and oxygen atoms in total. The third-order valence-corrected chi connectivity index (χ3v) is 5.53. The largest absolute Gasteiger partial charge is 0.252 e. The summed E-state index contributed by atoms with van der Waals surface area (Å²) in [4.78, 5) is 0. The molecule has 1 N–H and O–H groups in total. The Balaban J connectivity index is 1.54. The molecule has 0 aromatic heterocycles. The molecule has 0 bridgehead atoms. The molecule has 4 atom stereocenters. The van der Waals surface area contributed by atoms with E-state index < -0.39 is 0 Å². The van der Waals surface area contributed by atoms with E-state index in [0.29, 0.717) is 0 Å². The molecular weight excluding hydrogens is 220 g/mol. The number of hydrogen-bond acceptors (Lipinski definition) is 2. The van der Waals surface area contributed by atoms with Gasteiger partial charge in [-0.15, -0.1) is 0 Å². The Kier molecular flexibility index (Phi) is 3.95. The van der Waals surface area contributed by atoms with E-state index in [2.05, 4.69) is 24.3 Å². The summed E-state index contributed by atoms with van der Waals surface area (Å²) in [6, 6.07) is 2.23. The summed E-state index contributed by atoms with van der Waals surface area (Å²) in [6.45, 7) is 4.79. The standard InChI is InChI=1S/C16H30N2/c1-12-5-3-6-13(2)18(12)17-16-8-4-7-15(11-16)14-9-10-14/h12-17H,3-11H2,1-2H3. The van der Waals surface area contributed by atoms with Gasteiger partial charge in [-0.25, -0.2) is 5.01 Å². The van der Waals surface area contributed by atoms with Crippen molar-refractivity contribution in [2.45, 2.75) is 89.8 Å². The molecule has 3 fully saturated rings. The van der Waals surface area contributed by atoms with Crippen LogP contribution in [0.2, 0.25) is 0 Å². The summed E-state index contributed by atoms with van der Waals surface area (Å²) in [6.07, 6.45) is 13.0. The first-order valence-corrected chi connectivity index (χ1v) is 8.28. The fraction of sp³-hybridized carbons (Fsp3) is 1.00. The molecule has 3 aliphatic rings. The van der Waals surface area contributed by atoms with E-state index in [1.807, 2.05) is 0 Å². The van der Waals surface area contributed by atoms with Crippen LogP contribution in [0.15, 0.2) is 0 Å². The van der Waals surface area contributed by atoms with Crippen molar-refractivity contribution in [3.63, 3.8) is 0 Å². The van der Waals surface area contributed by atoms with Crippen LogP contribution >= 0.6 is 0 Å². The molecule has 18 heavy (non-hydrogen) atoms. The lowest BCUT2D eigenvalue weighted by Gasteiger charge is -2.43. The van der Waals surface area contributed by atoms with Crippen LogP contribution < -0.4 is 5.43 Å². The Hall–Kier alpha value is -0.0800. The molecule has 0 spiro atoms. The van der Waals surface area contributed by atoms with Crippen LogP contribution in [0.4, 0.5) is 0 Å². The fourth-order valence-electron chi connectivity index (χ4n) is 4.23. The Morgan fingerprint density at radius 1 is 0.778 bits per heavy atom. The van der Waals surface area contributed by atoms with Crippen LogP contribution in [-0.2, 0) is 0 Å². The SMILES string of the molecule is CC1CCCC(C)N1NC1CCCC(C2CC2)C1. The maximum Gasteiger partial charge on any atom is 0.0218 e. The zero-order valence-electron chi connectivity index (χ0n) is 12.2. The maximum atomic E-state index is 3.90.